The van der Waals surface area contributed by atoms with Crippen molar-refractivity contribution in [3.05, 3.63) is 65.7 Å². The van der Waals surface area contributed by atoms with Crippen LogP contribution in [0.25, 0.3) is 11.1 Å². The van der Waals surface area contributed by atoms with Gasteiger partial charge in [0, 0.05) is 0 Å². The zero-order valence-corrected chi connectivity index (χ0v) is 14.0. The molecule has 0 spiro atoms. The van der Waals surface area contributed by atoms with Crippen molar-refractivity contribution in [3.8, 4) is 16.9 Å². The first-order chi connectivity index (χ1) is 11.9. The second-order valence-corrected chi connectivity index (χ2v) is 6.46. The van der Waals surface area contributed by atoms with Crippen LogP contribution in [0.4, 0.5) is 0 Å². The summed E-state index contributed by atoms with van der Waals surface area (Å²) in [5.41, 5.74) is 11.0. The topological polar surface area (TPSA) is 111 Å². The SMILES string of the molecule is CC1(c2ccc(-c3ccc(O/C(NN)=C(/N)C(=O)O)cc3)cc2)CC1. The van der Waals surface area contributed by atoms with Gasteiger partial charge in [0.05, 0.1) is 0 Å². The van der Waals surface area contributed by atoms with Gasteiger partial charge < -0.3 is 15.6 Å². The van der Waals surface area contributed by atoms with Crippen molar-refractivity contribution in [2.24, 2.45) is 11.6 Å². The van der Waals surface area contributed by atoms with Gasteiger partial charge in [0.2, 0.25) is 5.88 Å². The fourth-order valence-corrected chi connectivity index (χ4v) is 2.63. The van der Waals surface area contributed by atoms with Gasteiger partial charge in [0.1, 0.15) is 5.75 Å². The van der Waals surface area contributed by atoms with Crippen LogP contribution in [-0.4, -0.2) is 11.1 Å². The summed E-state index contributed by atoms with van der Waals surface area (Å²) in [6.45, 7) is 2.29. The lowest BCUT2D eigenvalue weighted by molar-refractivity contribution is -0.132. The summed E-state index contributed by atoms with van der Waals surface area (Å²) in [4.78, 5) is 10.9. The van der Waals surface area contributed by atoms with Gasteiger partial charge in [-0.3, -0.25) is 5.43 Å². The highest BCUT2D eigenvalue weighted by Crippen LogP contribution is 2.47. The molecular formula is C19H21N3O3. The normalized spacial score (nSPS) is 15.9. The number of benzene rings is 2. The molecule has 0 unspecified atom stereocenters. The predicted octanol–water partition coefficient (Wildman–Crippen LogP) is 2.46. The Labute approximate surface area is 146 Å². The minimum atomic E-state index is -1.31. The number of nitrogens with one attached hydrogen (secondary N) is 1. The molecule has 3 rings (SSSR count). The molecule has 6 heteroatoms. The van der Waals surface area contributed by atoms with E-state index in [1.165, 1.54) is 18.4 Å². The predicted molar refractivity (Wildman–Crippen MR) is 95.3 cm³/mol. The zero-order chi connectivity index (χ0) is 18.0. The van der Waals surface area contributed by atoms with Crippen molar-refractivity contribution in [2.75, 3.05) is 0 Å². The van der Waals surface area contributed by atoms with E-state index in [0.29, 0.717) is 11.2 Å². The fourth-order valence-electron chi connectivity index (χ4n) is 2.63. The highest BCUT2D eigenvalue weighted by molar-refractivity contribution is 5.85. The number of hydrogen-bond donors (Lipinski definition) is 4. The first-order valence-corrected chi connectivity index (χ1v) is 8.01. The van der Waals surface area contributed by atoms with Crippen molar-refractivity contribution in [2.45, 2.75) is 25.2 Å². The first kappa shape index (κ1) is 16.9. The standard InChI is InChI=1S/C19H21N3O3/c1-19(10-11-19)14-6-2-12(3-7-14)13-4-8-15(9-5-13)25-17(22-21)16(20)18(23)24/h2-9,22H,10-11,20-21H2,1H3,(H,23,24)/b17-16+. The van der Waals surface area contributed by atoms with Crippen LogP contribution in [0.15, 0.2) is 60.1 Å². The molecule has 0 aliphatic heterocycles. The van der Waals surface area contributed by atoms with Crippen molar-refractivity contribution in [1.29, 1.82) is 0 Å². The average Bonchev–Trinajstić information content (AvgIpc) is 3.38. The number of nitrogens with two attached hydrogens (primary N) is 2. The van der Waals surface area contributed by atoms with E-state index in [-0.39, 0.29) is 5.88 Å². The summed E-state index contributed by atoms with van der Waals surface area (Å²) in [6.07, 6.45) is 2.51. The molecule has 0 bridgehead atoms. The van der Waals surface area contributed by atoms with E-state index in [4.69, 9.17) is 21.4 Å². The molecule has 2 aromatic carbocycles. The van der Waals surface area contributed by atoms with Gasteiger partial charge in [-0.2, -0.15) is 0 Å². The third-order valence-electron chi connectivity index (χ3n) is 4.60. The Morgan fingerprint density at radius 1 is 1.08 bits per heavy atom. The Morgan fingerprint density at radius 3 is 2.04 bits per heavy atom. The molecule has 0 amide bonds. The Morgan fingerprint density at radius 2 is 1.60 bits per heavy atom. The second kappa shape index (κ2) is 6.49. The molecule has 1 saturated carbocycles. The van der Waals surface area contributed by atoms with E-state index in [1.807, 2.05) is 12.1 Å². The number of hydrazine groups is 1. The van der Waals surface area contributed by atoms with E-state index in [0.717, 1.165) is 11.1 Å². The number of aliphatic carboxylic acids is 1. The molecule has 6 nitrogen and oxygen atoms in total. The molecule has 2 aromatic rings. The minimum Gasteiger partial charge on any atom is -0.476 e. The number of carboxylic acid groups (broad SMARTS) is 1. The number of hydrogen-bond acceptors (Lipinski definition) is 5. The molecule has 0 atom stereocenters. The molecule has 130 valence electrons. The summed E-state index contributed by atoms with van der Waals surface area (Å²) in [6, 6.07) is 15.9. The van der Waals surface area contributed by atoms with Crippen LogP contribution < -0.4 is 21.7 Å². The first-order valence-electron chi connectivity index (χ1n) is 8.01. The summed E-state index contributed by atoms with van der Waals surface area (Å²) in [7, 11) is 0. The molecular weight excluding hydrogens is 318 g/mol. The van der Waals surface area contributed by atoms with Crippen molar-refractivity contribution < 1.29 is 14.6 Å². The van der Waals surface area contributed by atoms with E-state index in [1.54, 1.807) is 12.1 Å². The summed E-state index contributed by atoms with van der Waals surface area (Å²) >= 11 is 0. The maximum Gasteiger partial charge on any atom is 0.357 e. The molecule has 1 aliphatic rings. The molecule has 0 aromatic heterocycles. The summed E-state index contributed by atoms with van der Waals surface area (Å²) in [5.74, 6) is 4.17. The maximum absolute atomic E-state index is 10.9. The van der Waals surface area contributed by atoms with E-state index in [9.17, 15) is 4.79 Å². The highest BCUT2D eigenvalue weighted by atomic mass is 16.5. The Kier molecular flexibility index (Phi) is 4.37. The maximum atomic E-state index is 10.9. The highest BCUT2D eigenvalue weighted by Gasteiger charge is 2.38. The van der Waals surface area contributed by atoms with Gasteiger partial charge >= 0.3 is 5.97 Å². The molecule has 25 heavy (non-hydrogen) atoms. The molecule has 0 saturated heterocycles. The third-order valence-corrected chi connectivity index (χ3v) is 4.60. The summed E-state index contributed by atoms with van der Waals surface area (Å²) in [5, 5.41) is 8.88. The second-order valence-electron chi connectivity index (χ2n) is 6.46. The van der Waals surface area contributed by atoms with Gasteiger partial charge in [0.25, 0.3) is 0 Å². The monoisotopic (exact) mass is 339 g/mol. The quantitative estimate of drug-likeness (QED) is 0.278. The lowest BCUT2D eigenvalue weighted by atomic mass is 9.95. The molecule has 1 aliphatic carbocycles. The number of rotatable bonds is 6. The third kappa shape index (κ3) is 3.59. The van der Waals surface area contributed by atoms with Crippen molar-refractivity contribution >= 4 is 5.97 Å². The number of ether oxygens (including phenoxy) is 1. The molecule has 0 heterocycles. The van der Waals surface area contributed by atoms with Crippen LogP contribution >= 0.6 is 0 Å². The fraction of sp³-hybridized carbons (Fsp3) is 0.211. The molecule has 1 fully saturated rings. The van der Waals surface area contributed by atoms with Crippen LogP contribution in [-0.2, 0) is 10.2 Å². The van der Waals surface area contributed by atoms with E-state index < -0.39 is 11.7 Å². The summed E-state index contributed by atoms with van der Waals surface area (Å²) < 4.78 is 5.39. The van der Waals surface area contributed by atoms with Gasteiger partial charge in [-0.25, -0.2) is 10.6 Å². The van der Waals surface area contributed by atoms with E-state index in [2.05, 4.69) is 36.6 Å². The Hall–Kier alpha value is -2.99. The largest absolute Gasteiger partial charge is 0.476 e. The Bertz CT molecular complexity index is 807. The van der Waals surface area contributed by atoms with Crippen LogP contribution in [0.3, 0.4) is 0 Å². The lowest BCUT2D eigenvalue weighted by Crippen LogP contribution is -2.31. The number of carboxylic acids is 1. The smallest absolute Gasteiger partial charge is 0.357 e. The van der Waals surface area contributed by atoms with Gasteiger partial charge in [-0.1, -0.05) is 43.3 Å². The van der Waals surface area contributed by atoms with Gasteiger partial charge in [-0.05, 0) is 47.1 Å². The van der Waals surface area contributed by atoms with Crippen LogP contribution in [0.2, 0.25) is 0 Å². The van der Waals surface area contributed by atoms with Crippen molar-refractivity contribution in [3.63, 3.8) is 0 Å². The average molecular weight is 339 g/mol. The van der Waals surface area contributed by atoms with Crippen LogP contribution in [0, 0.1) is 0 Å². The minimum absolute atomic E-state index is 0.206. The van der Waals surface area contributed by atoms with Crippen LogP contribution in [0.1, 0.15) is 25.3 Å². The lowest BCUT2D eigenvalue weighted by Gasteiger charge is -2.12. The molecule has 6 N–H and O–H groups in total. The van der Waals surface area contributed by atoms with Gasteiger partial charge in [-0.15, -0.1) is 0 Å². The van der Waals surface area contributed by atoms with Crippen LogP contribution in [0.5, 0.6) is 5.75 Å². The number of carbonyl (C=O) groups is 1. The molecule has 0 radical (unpaired) electrons. The van der Waals surface area contributed by atoms with Crippen molar-refractivity contribution in [1.82, 2.24) is 5.43 Å². The van der Waals surface area contributed by atoms with Gasteiger partial charge in [0.15, 0.2) is 5.70 Å². The Balaban J connectivity index is 1.76. The zero-order valence-electron chi connectivity index (χ0n) is 14.0. The van der Waals surface area contributed by atoms with E-state index >= 15 is 0 Å².